The van der Waals surface area contributed by atoms with Crippen LogP contribution in [-0.4, -0.2) is 63.7 Å². The first-order valence-corrected chi connectivity index (χ1v) is 9.06. The summed E-state index contributed by atoms with van der Waals surface area (Å²) in [5, 5.41) is 13.1. The lowest BCUT2D eigenvalue weighted by atomic mass is 9.73. The van der Waals surface area contributed by atoms with Crippen LogP contribution in [0.3, 0.4) is 0 Å². The van der Waals surface area contributed by atoms with E-state index < -0.39 is 0 Å². The molecule has 2 fully saturated rings. The zero-order valence-corrected chi connectivity index (χ0v) is 14.5. The number of aromatic nitrogens is 2. The van der Waals surface area contributed by atoms with Gasteiger partial charge < -0.3 is 14.5 Å². The molecule has 2 saturated heterocycles. The maximum absolute atomic E-state index is 12.1. The monoisotopic (exact) mass is 336 g/mol. The van der Waals surface area contributed by atoms with Crippen LogP contribution in [0.1, 0.15) is 50.7 Å². The zero-order valence-electron chi connectivity index (χ0n) is 14.5. The van der Waals surface area contributed by atoms with E-state index in [1.807, 2.05) is 11.8 Å². The fourth-order valence-electron chi connectivity index (χ4n) is 4.04. The number of rotatable bonds is 6. The molecule has 2 aliphatic heterocycles. The summed E-state index contributed by atoms with van der Waals surface area (Å²) in [5.41, 5.74) is 0.180. The molecule has 0 unspecified atom stereocenters. The van der Waals surface area contributed by atoms with E-state index in [4.69, 9.17) is 9.63 Å². The molecule has 0 bridgehead atoms. The van der Waals surface area contributed by atoms with Crippen LogP contribution in [0.5, 0.6) is 0 Å². The topological polar surface area (TPSA) is 82.7 Å². The summed E-state index contributed by atoms with van der Waals surface area (Å²) in [5.74, 6) is 1.68. The number of amides is 1. The van der Waals surface area contributed by atoms with E-state index in [1.54, 1.807) is 0 Å². The summed E-state index contributed by atoms with van der Waals surface area (Å²) in [6.07, 6.45) is 5.32. The lowest BCUT2D eigenvalue weighted by Gasteiger charge is -2.48. The number of aliphatic hydroxyl groups excluding tert-OH is 1. The van der Waals surface area contributed by atoms with Gasteiger partial charge in [-0.15, -0.1) is 0 Å². The Morgan fingerprint density at radius 2 is 2.21 bits per heavy atom. The van der Waals surface area contributed by atoms with Crippen LogP contribution in [0, 0.1) is 5.41 Å². The largest absolute Gasteiger partial charge is 0.396 e. The van der Waals surface area contributed by atoms with Crippen LogP contribution in [0.4, 0.5) is 0 Å². The summed E-state index contributed by atoms with van der Waals surface area (Å²) < 4.78 is 5.20. The third-order valence-electron chi connectivity index (χ3n) is 5.25. The van der Waals surface area contributed by atoms with Crippen molar-refractivity contribution >= 4 is 5.91 Å². The molecule has 0 aromatic carbocycles. The van der Waals surface area contributed by atoms with Crippen LogP contribution >= 0.6 is 0 Å². The number of likely N-dealkylation sites (tertiary alicyclic amines) is 2. The molecule has 1 aromatic rings. The van der Waals surface area contributed by atoms with Gasteiger partial charge in [-0.3, -0.25) is 9.69 Å². The number of piperidine rings is 2. The smallest absolute Gasteiger partial charge is 0.226 e. The Kier molecular flexibility index (Phi) is 5.50. The van der Waals surface area contributed by atoms with Gasteiger partial charge in [0.25, 0.3) is 0 Å². The summed E-state index contributed by atoms with van der Waals surface area (Å²) in [7, 11) is 0. The van der Waals surface area contributed by atoms with Gasteiger partial charge in [-0.2, -0.15) is 4.98 Å². The highest BCUT2D eigenvalue weighted by Gasteiger charge is 2.41. The number of hydrogen-bond acceptors (Lipinski definition) is 6. The fraction of sp³-hybridized carbons (Fsp3) is 0.824. The van der Waals surface area contributed by atoms with Crippen molar-refractivity contribution in [1.82, 2.24) is 19.9 Å². The molecule has 0 aliphatic carbocycles. The van der Waals surface area contributed by atoms with E-state index in [2.05, 4.69) is 15.0 Å². The van der Waals surface area contributed by atoms with Crippen molar-refractivity contribution in [2.75, 3.05) is 32.8 Å². The van der Waals surface area contributed by atoms with Gasteiger partial charge in [-0.1, -0.05) is 12.1 Å². The predicted octanol–water partition coefficient (Wildman–Crippen LogP) is 1.22. The van der Waals surface area contributed by atoms with Crippen LogP contribution < -0.4 is 0 Å². The van der Waals surface area contributed by atoms with Crippen molar-refractivity contribution in [3.63, 3.8) is 0 Å². The highest BCUT2D eigenvalue weighted by Crippen LogP contribution is 2.39. The first-order valence-electron chi connectivity index (χ1n) is 9.06. The molecule has 1 amide bonds. The highest BCUT2D eigenvalue weighted by atomic mass is 16.5. The summed E-state index contributed by atoms with van der Waals surface area (Å²) in [4.78, 5) is 20.9. The molecule has 1 spiro atoms. The van der Waals surface area contributed by atoms with Crippen molar-refractivity contribution in [2.24, 2.45) is 5.41 Å². The molecule has 7 heteroatoms. The van der Waals surface area contributed by atoms with Crippen LogP contribution in [0.2, 0.25) is 0 Å². The third kappa shape index (κ3) is 3.95. The summed E-state index contributed by atoms with van der Waals surface area (Å²) in [6, 6.07) is 0. The average Bonchev–Trinajstić information content (AvgIpc) is 3.04. The van der Waals surface area contributed by atoms with Gasteiger partial charge in [-0.05, 0) is 32.2 Å². The number of aliphatic hydroxyl groups is 1. The normalized spacial score (nSPS) is 25.6. The molecule has 1 N–H and O–H groups in total. The molecule has 3 rings (SSSR count). The molecule has 134 valence electrons. The average molecular weight is 336 g/mol. The maximum atomic E-state index is 12.1. The van der Waals surface area contributed by atoms with Gasteiger partial charge >= 0.3 is 0 Å². The molecule has 1 atom stereocenters. The quantitative estimate of drug-likeness (QED) is 0.841. The van der Waals surface area contributed by atoms with Gasteiger partial charge in [0.05, 0.1) is 6.54 Å². The van der Waals surface area contributed by atoms with Gasteiger partial charge in [0.15, 0.2) is 5.82 Å². The Balaban J connectivity index is 1.62. The van der Waals surface area contributed by atoms with Crippen molar-refractivity contribution in [2.45, 2.75) is 52.0 Å². The first kappa shape index (κ1) is 17.4. The first-order chi connectivity index (χ1) is 11.6. The second kappa shape index (κ2) is 7.61. The van der Waals surface area contributed by atoms with Gasteiger partial charge in [0.2, 0.25) is 11.8 Å². The SMILES string of the molecule is CCc1nc(CN2CCC[C@]3(CCC(=O)N(CCCO)C3)C2)no1. The van der Waals surface area contributed by atoms with E-state index >= 15 is 0 Å². The van der Waals surface area contributed by atoms with Gasteiger partial charge in [0.1, 0.15) is 0 Å². The maximum Gasteiger partial charge on any atom is 0.226 e. The third-order valence-corrected chi connectivity index (χ3v) is 5.25. The Labute approximate surface area is 143 Å². The van der Waals surface area contributed by atoms with E-state index in [0.717, 1.165) is 51.3 Å². The number of hydrogen-bond donors (Lipinski definition) is 1. The predicted molar refractivity (Wildman–Crippen MR) is 88.1 cm³/mol. The minimum absolute atomic E-state index is 0.139. The molecule has 24 heavy (non-hydrogen) atoms. The number of aryl methyl sites for hydroxylation is 1. The van der Waals surface area contributed by atoms with Crippen molar-refractivity contribution in [3.8, 4) is 0 Å². The summed E-state index contributed by atoms with van der Waals surface area (Å²) in [6.45, 7) is 6.37. The number of carbonyl (C=O) groups is 1. The molecule has 2 aliphatic rings. The van der Waals surface area contributed by atoms with E-state index in [1.165, 1.54) is 6.42 Å². The molecule has 7 nitrogen and oxygen atoms in total. The van der Waals surface area contributed by atoms with E-state index in [9.17, 15) is 4.79 Å². The molecular weight excluding hydrogens is 308 g/mol. The van der Waals surface area contributed by atoms with E-state index in [-0.39, 0.29) is 17.9 Å². The Hall–Kier alpha value is -1.47. The number of nitrogens with zero attached hydrogens (tertiary/aromatic N) is 4. The van der Waals surface area contributed by atoms with Crippen molar-refractivity contribution < 1.29 is 14.4 Å². The van der Waals surface area contributed by atoms with Gasteiger partial charge in [-0.25, -0.2) is 0 Å². The lowest BCUT2D eigenvalue weighted by molar-refractivity contribution is -0.139. The summed E-state index contributed by atoms with van der Waals surface area (Å²) >= 11 is 0. The van der Waals surface area contributed by atoms with Crippen LogP contribution in [0.15, 0.2) is 4.52 Å². The fourth-order valence-corrected chi connectivity index (χ4v) is 4.04. The molecule has 0 radical (unpaired) electrons. The molecule has 1 aromatic heterocycles. The zero-order chi connectivity index (χ0) is 17.0. The number of carbonyl (C=O) groups excluding carboxylic acids is 1. The van der Waals surface area contributed by atoms with Crippen LogP contribution in [0.25, 0.3) is 0 Å². The minimum atomic E-state index is 0.139. The van der Waals surface area contributed by atoms with Crippen LogP contribution in [-0.2, 0) is 17.8 Å². The second-order valence-corrected chi connectivity index (χ2v) is 7.16. The lowest BCUT2D eigenvalue weighted by Crippen LogP contribution is -2.54. The standard InChI is InChI=1S/C17H28N4O3/c1-2-15-18-14(19-24-15)11-20-8-3-6-17(12-20)7-5-16(23)21(13-17)9-4-10-22/h22H,2-13H2,1H3/t17-/m0/s1. The van der Waals surface area contributed by atoms with E-state index in [0.29, 0.717) is 25.3 Å². The van der Waals surface area contributed by atoms with Crippen molar-refractivity contribution in [1.29, 1.82) is 0 Å². The Bertz CT molecular complexity index is 562. The molecule has 3 heterocycles. The Morgan fingerprint density at radius 3 is 2.96 bits per heavy atom. The minimum Gasteiger partial charge on any atom is -0.396 e. The van der Waals surface area contributed by atoms with Gasteiger partial charge in [0, 0.05) is 44.5 Å². The molecular formula is C17H28N4O3. The second-order valence-electron chi connectivity index (χ2n) is 7.16. The van der Waals surface area contributed by atoms with Crippen molar-refractivity contribution in [3.05, 3.63) is 11.7 Å². The molecule has 0 saturated carbocycles. The Morgan fingerprint density at radius 1 is 1.33 bits per heavy atom. The highest BCUT2D eigenvalue weighted by molar-refractivity contribution is 5.77.